The number of benzene rings is 2. The molecule has 1 saturated carbocycles. The molecule has 0 bridgehead atoms. The van der Waals surface area contributed by atoms with Crippen molar-refractivity contribution >= 4 is 22.6 Å². The number of fused-ring (bicyclic) bond motifs is 1. The topological polar surface area (TPSA) is 54.8 Å². The van der Waals surface area contributed by atoms with Crippen molar-refractivity contribution in [1.82, 2.24) is 9.47 Å². The van der Waals surface area contributed by atoms with Crippen molar-refractivity contribution in [2.75, 3.05) is 37.7 Å². The maximum absolute atomic E-state index is 15.2. The van der Waals surface area contributed by atoms with E-state index in [1.165, 1.54) is 11.6 Å². The van der Waals surface area contributed by atoms with Crippen molar-refractivity contribution < 1.29 is 13.9 Å². The highest BCUT2D eigenvalue weighted by Crippen LogP contribution is 2.38. The van der Waals surface area contributed by atoms with Gasteiger partial charge in [-0.05, 0) is 37.5 Å². The molecule has 1 aliphatic heterocycles. The van der Waals surface area contributed by atoms with E-state index < -0.39 is 17.2 Å². The smallest absolute Gasteiger partial charge is 0.343 e. The molecule has 5 rings (SSSR count). The summed E-state index contributed by atoms with van der Waals surface area (Å²) in [6.07, 6.45) is 3.55. The first-order valence-corrected chi connectivity index (χ1v) is 11.6. The molecule has 6 nitrogen and oxygen atoms in total. The third-order valence-corrected chi connectivity index (χ3v) is 6.50. The van der Waals surface area contributed by atoms with Crippen LogP contribution < -0.4 is 10.3 Å². The van der Waals surface area contributed by atoms with Gasteiger partial charge in [0.05, 0.1) is 17.8 Å². The van der Waals surface area contributed by atoms with Crippen LogP contribution in [0.25, 0.3) is 10.9 Å². The van der Waals surface area contributed by atoms with E-state index in [1.807, 2.05) is 22.8 Å². The van der Waals surface area contributed by atoms with Crippen LogP contribution in [0.15, 0.2) is 53.5 Å². The molecule has 2 aromatic carbocycles. The molecule has 3 aromatic rings. The van der Waals surface area contributed by atoms with E-state index in [0.29, 0.717) is 24.3 Å². The van der Waals surface area contributed by atoms with Crippen molar-refractivity contribution in [1.29, 1.82) is 0 Å². The normalized spacial score (nSPS) is 16.8. The van der Waals surface area contributed by atoms with E-state index in [2.05, 4.69) is 21.9 Å². The molecule has 7 heteroatoms. The maximum atomic E-state index is 15.2. The SMILES string of the molecule is CCOC(=O)c1cn(C2CC2)c2cc(N3CCN(Cc4ccccc4)CC3)c(F)cc2c1=O. The van der Waals surface area contributed by atoms with Crippen LogP contribution in [0.3, 0.4) is 0 Å². The molecule has 33 heavy (non-hydrogen) atoms. The number of carbonyl (C=O) groups is 1. The molecule has 0 amide bonds. The second-order valence-electron chi connectivity index (χ2n) is 8.80. The molecule has 2 aliphatic rings. The summed E-state index contributed by atoms with van der Waals surface area (Å²) in [6.45, 7) is 5.86. The highest BCUT2D eigenvalue weighted by Gasteiger charge is 2.29. The van der Waals surface area contributed by atoms with Gasteiger partial charge in [0.2, 0.25) is 5.43 Å². The van der Waals surface area contributed by atoms with Crippen LogP contribution >= 0.6 is 0 Å². The zero-order valence-corrected chi connectivity index (χ0v) is 18.8. The number of halogens is 1. The van der Waals surface area contributed by atoms with Gasteiger partial charge in [-0.1, -0.05) is 30.3 Å². The molecule has 1 saturated heterocycles. The Balaban J connectivity index is 1.43. The lowest BCUT2D eigenvalue weighted by Gasteiger charge is -2.36. The quantitative estimate of drug-likeness (QED) is 0.533. The summed E-state index contributed by atoms with van der Waals surface area (Å²) >= 11 is 0. The van der Waals surface area contributed by atoms with Crippen LogP contribution in [-0.2, 0) is 11.3 Å². The zero-order chi connectivity index (χ0) is 22.9. The molecule has 1 aromatic heterocycles. The molecule has 172 valence electrons. The van der Waals surface area contributed by atoms with Gasteiger partial charge in [0.1, 0.15) is 11.4 Å². The Morgan fingerprint density at radius 2 is 1.82 bits per heavy atom. The number of anilines is 1. The summed E-state index contributed by atoms with van der Waals surface area (Å²) in [6, 6.07) is 13.7. The summed E-state index contributed by atoms with van der Waals surface area (Å²) in [7, 11) is 0. The highest BCUT2D eigenvalue weighted by atomic mass is 19.1. The van der Waals surface area contributed by atoms with Crippen molar-refractivity contribution in [3.05, 3.63) is 75.8 Å². The summed E-state index contributed by atoms with van der Waals surface area (Å²) in [5.74, 6) is -1.09. The van der Waals surface area contributed by atoms with Crippen molar-refractivity contribution in [2.24, 2.45) is 0 Å². The van der Waals surface area contributed by atoms with Gasteiger partial charge in [0.25, 0.3) is 0 Å². The van der Waals surface area contributed by atoms with Gasteiger partial charge in [-0.25, -0.2) is 9.18 Å². The first kappa shape index (κ1) is 21.6. The number of hydrogen-bond acceptors (Lipinski definition) is 5. The number of ether oxygens (including phenoxy) is 1. The Morgan fingerprint density at radius 1 is 1.09 bits per heavy atom. The van der Waals surface area contributed by atoms with Gasteiger partial charge in [-0.2, -0.15) is 0 Å². The van der Waals surface area contributed by atoms with Gasteiger partial charge in [0.15, 0.2) is 0 Å². The van der Waals surface area contributed by atoms with Gasteiger partial charge in [-0.15, -0.1) is 0 Å². The fourth-order valence-corrected chi connectivity index (χ4v) is 4.60. The van der Waals surface area contributed by atoms with Gasteiger partial charge < -0.3 is 14.2 Å². The number of carbonyl (C=O) groups excluding carboxylic acids is 1. The fraction of sp³-hybridized carbons (Fsp3) is 0.385. The predicted molar refractivity (Wildman–Crippen MR) is 126 cm³/mol. The largest absolute Gasteiger partial charge is 0.462 e. The first-order chi connectivity index (χ1) is 16.0. The molecule has 0 N–H and O–H groups in total. The molecular weight excluding hydrogens is 421 g/mol. The fourth-order valence-electron chi connectivity index (χ4n) is 4.60. The monoisotopic (exact) mass is 449 g/mol. The summed E-state index contributed by atoms with van der Waals surface area (Å²) < 4.78 is 22.2. The lowest BCUT2D eigenvalue weighted by atomic mass is 10.1. The lowest BCUT2D eigenvalue weighted by Crippen LogP contribution is -2.46. The standard InChI is InChI=1S/C26H28FN3O3/c1-2-33-26(32)21-17-30(19-8-9-19)23-15-24(22(27)14-20(23)25(21)31)29-12-10-28(11-13-29)16-18-6-4-3-5-7-18/h3-7,14-15,17,19H,2,8-13,16H2,1H3. The Kier molecular flexibility index (Phi) is 5.89. The van der Waals surface area contributed by atoms with Gasteiger partial charge >= 0.3 is 5.97 Å². The van der Waals surface area contributed by atoms with Crippen molar-refractivity contribution in [2.45, 2.75) is 32.4 Å². The molecule has 2 heterocycles. The van der Waals surface area contributed by atoms with E-state index >= 15 is 4.39 Å². The van der Waals surface area contributed by atoms with Crippen molar-refractivity contribution in [3.8, 4) is 0 Å². The first-order valence-electron chi connectivity index (χ1n) is 11.6. The third-order valence-electron chi connectivity index (χ3n) is 6.50. The molecular formula is C26H28FN3O3. The average Bonchev–Trinajstić information content (AvgIpc) is 3.66. The number of rotatable bonds is 6. The van der Waals surface area contributed by atoms with Crippen LogP contribution in [-0.4, -0.2) is 48.2 Å². The van der Waals surface area contributed by atoms with Crippen LogP contribution in [0, 0.1) is 5.82 Å². The number of piperazine rings is 1. The van der Waals surface area contributed by atoms with Crippen LogP contribution in [0.1, 0.15) is 41.7 Å². The zero-order valence-electron chi connectivity index (χ0n) is 18.8. The van der Waals surface area contributed by atoms with Gasteiger partial charge in [-0.3, -0.25) is 9.69 Å². The second kappa shape index (κ2) is 8.98. The molecule has 1 aliphatic carbocycles. The minimum Gasteiger partial charge on any atom is -0.462 e. The Morgan fingerprint density at radius 3 is 2.48 bits per heavy atom. The Bertz CT molecular complexity index is 1230. The highest BCUT2D eigenvalue weighted by molar-refractivity contribution is 5.94. The summed E-state index contributed by atoms with van der Waals surface area (Å²) in [5.41, 5.74) is 1.96. The predicted octanol–water partition coefficient (Wildman–Crippen LogP) is 3.97. The Hall–Kier alpha value is -3.19. The molecule has 0 atom stereocenters. The Labute approximate surface area is 192 Å². The molecule has 0 radical (unpaired) electrons. The van der Waals surface area contributed by atoms with E-state index in [0.717, 1.165) is 32.5 Å². The summed E-state index contributed by atoms with van der Waals surface area (Å²) in [4.78, 5) is 29.7. The van der Waals surface area contributed by atoms with Crippen LogP contribution in [0.4, 0.5) is 10.1 Å². The summed E-state index contributed by atoms with van der Waals surface area (Å²) in [5, 5.41) is 0.233. The van der Waals surface area contributed by atoms with E-state index in [9.17, 15) is 9.59 Å². The minimum absolute atomic E-state index is 0.0297. The van der Waals surface area contributed by atoms with Gasteiger partial charge in [0, 0.05) is 50.3 Å². The average molecular weight is 450 g/mol. The molecule has 2 fully saturated rings. The van der Waals surface area contributed by atoms with Crippen LogP contribution in [0.2, 0.25) is 0 Å². The van der Waals surface area contributed by atoms with E-state index in [1.54, 1.807) is 19.2 Å². The maximum Gasteiger partial charge on any atom is 0.343 e. The number of esters is 1. The number of hydrogen-bond donors (Lipinski definition) is 0. The van der Waals surface area contributed by atoms with E-state index in [4.69, 9.17) is 4.74 Å². The minimum atomic E-state index is -0.655. The lowest BCUT2D eigenvalue weighted by molar-refractivity contribution is 0.0524. The van der Waals surface area contributed by atoms with Crippen LogP contribution in [0.5, 0.6) is 0 Å². The van der Waals surface area contributed by atoms with E-state index in [-0.39, 0.29) is 23.6 Å². The third kappa shape index (κ3) is 4.37. The number of nitrogens with zero attached hydrogens (tertiary/aromatic N) is 3. The molecule has 0 unspecified atom stereocenters. The second-order valence-corrected chi connectivity index (χ2v) is 8.80. The number of aromatic nitrogens is 1. The van der Waals surface area contributed by atoms with Crippen molar-refractivity contribution in [3.63, 3.8) is 0 Å². The molecule has 0 spiro atoms. The number of pyridine rings is 1.